The molecule has 8 heteroatoms. The van der Waals surface area contributed by atoms with Gasteiger partial charge in [-0.25, -0.2) is 9.48 Å². The number of aromatic nitrogens is 3. The number of pyridine rings is 1. The van der Waals surface area contributed by atoms with E-state index in [4.69, 9.17) is 5.11 Å². The van der Waals surface area contributed by atoms with Crippen molar-refractivity contribution >= 4 is 17.5 Å². The van der Waals surface area contributed by atoms with Gasteiger partial charge in [0, 0.05) is 26.2 Å². The molecule has 0 saturated heterocycles. The van der Waals surface area contributed by atoms with Crippen LogP contribution in [0.15, 0.2) is 29.2 Å². The zero-order valence-electron chi connectivity index (χ0n) is 12.5. The van der Waals surface area contributed by atoms with Crippen molar-refractivity contribution in [1.82, 2.24) is 19.1 Å². The molecule has 0 radical (unpaired) electrons. The number of carboxylic acids is 1. The number of aliphatic carboxylic acids is 1. The van der Waals surface area contributed by atoms with E-state index >= 15 is 0 Å². The fourth-order valence-corrected chi connectivity index (χ4v) is 2.10. The second-order valence-electron chi connectivity index (χ2n) is 5.20. The summed E-state index contributed by atoms with van der Waals surface area (Å²) in [5, 5.41) is 13.0. The van der Waals surface area contributed by atoms with Gasteiger partial charge in [0.2, 0.25) is 5.91 Å². The molecule has 1 amide bonds. The maximum Gasteiger partial charge on any atom is 0.350 e. The van der Waals surface area contributed by atoms with E-state index in [0.29, 0.717) is 5.65 Å². The molecule has 0 aromatic carbocycles. The summed E-state index contributed by atoms with van der Waals surface area (Å²) in [6.45, 7) is 1.83. The van der Waals surface area contributed by atoms with E-state index in [-0.39, 0.29) is 31.1 Å². The standard InChI is InChI=1S/C14H18N4O4/c1-10(13(20)21)9-16(2)12(19)6-8-18-14(22)17-7-4-3-5-11(17)15-18/h3-5,7,10H,6,8-9H2,1-2H3,(H,20,21). The highest BCUT2D eigenvalue weighted by Crippen LogP contribution is 2.02. The van der Waals surface area contributed by atoms with Gasteiger partial charge in [0.05, 0.1) is 12.5 Å². The topological polar surface area (TPSA) is 96.9 Å². The molecule has 22 heavy (non-hydrogen) atoms. The molecule has 2 heterocycles. The first-order chi connectivity index (χ1) is 10.4. The Morgan fingerprint density at radius 1 is 1.41 bits per heavy atom. The molecule has 0 spiro atoms. The van der Waals surface area contributed by atoms with Gasteiger partial charge < -0.3 is 10.0 Å². The summed E-state index contributed by atoms with van der Waals surface area (Å²) in [6, 6.07) is 5.21. The average molecular weight is 306 g/mol. The summed E-state index contributed by atoms with van der Waals surface area (Å²) in [5.41, 5.74) is 0.220. The van der Waals surface area contributed by atoms with Crippen molar-refractivity contribution in [3.8, 4) is 0 Å². The van der Waals surface area contributed by atoms with Crippen LogP contribution in [0.4, 0.5) is 0 Å². The predicted octanol–water partition coefficient (Wildman–Crippen LogP) is 0.0652. The molecule has 0 aliphatic rings. The van der Waals surface area contributed by atoms with Crippen molar-refractivity contribution < 1.29 is 14.7 Å². The molecule has 2 rings (SSSR count). The lowest BCUT2D eigenvalue weighted by Gasteiger charge is -2.19. The third-order valence-corrected chi connectivity index (χ3v) is 3.42. The van der Waals surface area contributed by atoms with Crippen LogP contribution in [0.1, 0.15) is 13.3 Å². The number of carboxylic acid groups (broad SMARTS) is 1. The van der Waals surface area contributed by atoms with Crippen molar-refractivity contribution in [3.05, 3.63) is 34.9 Å². The van der Waals surface area contributed by atoms with Gasteiger partial charge in [-0.3, -0.25) is 14.0 Å². The number of aryl methyl sites for hydroxylation is 1. The highest BCUT2D eigenvalue weighted by molar-refractivity contribution is 5.77. The molecular weight excluding hydrogens is 288 g/mol. The SMILES string of the molecule is CC(CN(C)C(=O)CCn1nc2ccccn2c1=O)C(=O)O. The highest BCUT2D eigenvalue weighted by atomic mass is 16.4. The molecule has 0 fully saturated rings. The molecule has 118 valence electrons. The van der Waals surface area contributed by atoms with E-state index in [9.17, 15) is 14.4 Å². The molecule has 8 nitrogen and oxygen atoms in total. The van der Waals surface area contributed by atoms with Gasteiger partial charge in [-0.15, -0.1) is 5.10 Å². The normalized spacial score (nSPS) is 12.3. The smallest absolute Gasteiger partial charge is 0.350 e. The van der Waals surface area contributed by atoms with E-state index in [2.05, 4.69) is 5.10 Å². The van der Waals surface area contributed by atoms with Crippen LogP contribution in [-0.4, -0.2) is 49.7 Å². The number of fused-ring (bicyclic) bond motifs is 1. The van der Waals surface area contributed by atoms with Gasteiger partial charge >= 0.3 is 11.7 Å². The van der Waals surface area contributed by atoms with Crippen LogP contribution in [-0.2, 0) is 16.1 Å². The summed E-state index contributed by atoms with van der Waals surface area (Å²) in [5.74, 6) is -1.81. The Bertz CT molecular complexity index is 749. The van der Waals surface area contributed by atoms with Crippen LogP contribution in [0.2, 0.25) is 0 Å². The molecule has 0 saturated carbocycles. The zero-order chi connectivity index (χ0) is 16.3. The number of nitrogens with zero attached hydrogens (tertiary/aromatic N) is 4. The number of carbonyl (C=O) groups is 2. The predicted molar refractivity (Wildman–Crippen MR) is 78.5 cm³/mol. The van der Waals surface area contributed by atoms with Crippen molar-refractivity contribution in [2.24, 2.45) is 5.92 Å². The summed E-state index contributed by atoms with van der Waals surface area (Å²) >= 11 is 0. The Morgan fingerprint density at radius 2 is 2.14 bits per heavy atom. The molecule has 1 atom stereocenters. The maximum absolute atomic E-state index is 12.0. The number of amides is 1. The van der Waals surface area contributed by atoms with Crippen molar-refractivity contribution in [2.45, 2.75) is 19.9 Å². The third kappa shape index (κ3) is 3.33. The minimum absolute atomic E-state index is 0.0899. The molecule has 1 N–H and O–H groups in total. The third-order valence-electron chi connectivity index (χ3n) is 3.42. The Balaban J connectivity index is 1.99. The second kappa shape index (κ2) is 6.42. The van der Waals surface area contributed by atoms with Crippen LogP contribution < -0.4 is 5.69 Å². The average Bonchev–Trinajstić information content (AvgIpc) is 2.81. The monoisotopic (exact) mass is 306 g/mol. The fourth-order valence-electron chi connectivity index (χ4n) is 2.10. The van der Waals surface area contributed by atoms with Crippen LogP contribution in [0.5, 0.6) is 0 Å². The van der Waals surface area contributed by atoms with Crippen molar-refractivity contribution in [2.75, 3.05) is 13.6 Å². The molecule has 2 aromatic rings. The molecule has 2 aromatic heterocycles. The Hall–Kier alpha value is -2.64. The van der Waals surface area contributed by atoms with Crippen molar-refractivity contribution in [3.63, 3.8) is 0 Å². The quantitative estimate of drug-likeness (QED) is 0.814. The summed E-state index contributed by atoms with van der Waals surface area (Å²) < 4.78 is 2.64. The van der Waals surface area contributed by atoms with Crippen LogP contribution in [0.3, 0.4) is 0 Å². The first-order valence-electron chi connectivity index (χ1n) is 6.91. The largest absolute Gasteiger partial charge is 0.481 e. The highest BCUT2D eigenvalue weighted by Gasteiger charge is 2.17. The molecule has 0 aliphatic carbocycles. The number of rotatable bonds is 6. The van der Waals surface area contributed by atoms with Gasteiger partial charge in [-0.2, -0.15) is 0 Å². The van der Waals surface area contributed by atoms with E-state index in [0.717, 1.165) is 0 Å². The van der Waals surface area contributed by atoms with Gasteiger partial charge in [0.25, 0.3) is 0 Å². The second-order valence-corrected chi connectivity index (χ2v) is 5.20. The maximum atomic E-state index is 12.0. The minimum Gasteiger partial charge on any atom is -0.481 e. The van der Waals surface area contributed by atoms with Crippen molar-refractivity contribution in [1.29, 1.82) is 0 Å². The van der Waals surface area contributed by atoms with E-state index in [1.54, 1.807) is 38.4 Å². The molecular formula is C14H18N4O4. The number of hydrogen-bond donors (Lipinski definition) is 1. The Labute approximate surface area is 126 Å². The van der Waals surface area contributed by atoms with E-state index < -0.39 is 11.9 Å². The first-order valence-corrected chi connectivity index (χ1v) is 6.91. The Kier molecular flexibility index (Phi) is 4.59. The lowest BCUT2D eigenvalue weighted by atomic mass is 10.1. The van der Waals surface area contributed by atoms with Crippen LogP contribution >= 0.6 is 0 Å². The van der Waals surface area contributed by atoms with Gasteiger partial charge in [0.15, 0.2) is 5.65 Å². The van der Waals surface area contributed by atoms with Crippen LogP contribution in [0, 0.1) is 5.92 Å². The minimum atomic E-state index is -0.948. The number of hydrogen-bond acceptors (Lipinski definition) is 4. The summed E-state index contributed by atoms with van der Waals surface area (Å²) in [7, 11) is 1.55. The first kappa shape index (κ1) is 15.7. The summed E-state index contributed by atoms with van der Waals surface area (Å²) in [6.07, 6.45) is 1.70. The van der Waals surface area contributed by atoms with Crippen LogP contribution in [0.25, 0.3) is 5.65 Å². The number of carbonyl (C=O) groups excluding carboxylic acids is 1. The molecule has 0 bridgehead atoms. The zero-order valence-corrected chi connectivity index (χ0v) is 12.5. The summed E-state index contributed by atoms with van der Waals surface area (Å²) in [4.78, 5) is 36.2. The fraction of sp³-hybridized carbons (Fsp3) is 0.429. The van der Waals surface area contributed by atoms with Gasteiger partial charge in [0.1, 0.15) is 0 Å². The van der Waals surface area contributed by atoms with Gasteiger partial charge in [-0.1, -0.05) is 13.0 Å². The Morgan fingerprint density at radius 3 is 2.77 bits per heavy atom. The lowest BCUT2D eigenvalue weighted by molar-refractivity contribution is -0.142. The van der Waals surface area contributed by atoms with E-state index in [1.807, 2.05) is 0 Å². The van der Waals surface area contributed by atoms with Gasteiger partial charge in [-0.05, 0) is 12.1 Å². The lowest BCUT2D eigenvalue weighted by Crippen LogP contribution is -2.34. The molecule has 0 aliphatic heterocycles. The van der Waals surface area contributed by atoms with E-state index in [1.165, 1.54) is 14.0 Å². The molecule has 1 unspecified atom stereocenters.